The number of oxazole rings is 2. The average molecular weight is 236 g/mol. The van der Waals surface area contributed by atoms with Crippen LogP contribution in [0.3, 0.4) is 0 Å². The zero-order valence-corrected chi connectivity index (χ0v) is 9.81. The normalized spacial score (nSPS) is 10.5. The van der Waals surface area contributed by atoms with Crippen LogP contribution in [0.15, 0.2) is 15.2 Å². The Morgan fingerprint density at radius 1 is 1.41 bits per heavy atom. The molecule has 6 heteroatoms. The first kappa shape index (κ1) is 11.4. The number of nitrogens with zero attached hydrogens (tertiary/aromatic N) is 2. The van der Waals surface area contributed by atoms with Crippen molar-refractivity contribution in [1.29, 1.82) is 0 Å². The van der Waals surface area contributed by atoms with Gasteiger partial charge in [-0.3, -0.25) is 0 Å². The Labute approximate surface area is 97.6 Å². The number of rotatable bonds is 3. The maximum atomic E-state index is 11.6. The summed E-state index contributed by atoms with van der Waals surface area (Å²) in [6.07, 6.45) is 1.18. The van der Waals surface area contributed by atoms with E-state index in [0.717, 1.165) is 0 Å². The highest BCUT2D eigenvalue weighted by molar-refractivity contribution is 5.93. The smallest absolute Gasteiger partial charge is 0.361 e. The van der Waals surface area contributed by atoms with Gasteiger partial charge in [0.05, 0.1) is 12.3 Å². The summed E-state index contributed by atoms with van der Waals surface area (Å²) in [6, 6.07) is 0. The number of hydrogen-bond acceptors (Lipinski definition) is 6. The van der Waals surface area contributed by atoms with E-state index in [2.05, 4.69) is 9.97 Å². The number of carbonyl (C=O) groups is 1. The Kier molecular flexibility index (Phi) is 2.95. The minimum absolute atomic E-state index is 0.103. The van der Waals surface area contributed by atoms with Crippen molar-refractivity contribution in [2.75, 3.05) is 6.61 Å². The van der Waals surface area contributed by atoms with Crippen LogP contribution in [0.25, 0.3) is 11.5 Å². The number of aromatic nitrogens is 2. The van der Waals surface area contributed by atoms with Gasteiger partial charge in [0.1, 0.15) is 0 Å². The second kappa shape index (κ2) is 4.40. The lowest BCUT2D eigenvalue weighted by Crippen LogP contribution is -2.06. The number of aryl methyl sites for hydroxylation is 2. The van der Waals surface area contributed by atoms with Crippen molar-refractivity contribution in [2.24, 2.45) is 0 Å². The number of hydrogen-bond donors (Lipinski definition) is 0. The van der Waals surface area contributed by atoms with Gasteiger partial charge in [0.25, 0.3) is 0 Å². The van der Waals surface area contributed by atoms with Gasteiger partial charge in [-0.2, -0.15) is 0 Å². The third-order valence-electron chi connectivity index (χ3n) is 2.15. The molecule has 0 atom stereocenters. The maximum absolute atomic E-state index is 11.6. The first-order valence-corrected chi connectivity index (χ1v) is 5.18. The number of esters is 1. The highest BCUT2D eigenvalue weighted by Gasteiger charge is 2.24. The van der Waals surface area contributed by atoms with Gasteiger partial charge in [-0.1, -0.05) is 0 Å². The van der Waals surface area contributed by atoms with Gasteiger partial charge in [0.15, 0.2) is 23.7 Å². The second-order valence-electron chi connectivity index (χ2n) is 3.40. The molecule has 0 aromatic carbocycles. The van der Waals surface area contributed by atoms with E-state index in [1.165, 1.54) is 6.39 Å². The molecular weight excluding hydrogens is 224 g/mol. The van der Waals surface area contributed by atoms with Crippen LogP contribution in [-0.4, -0.2) is 22.5 Å². The van der Waals surface area contributed by atoms with Crippen LogP contribution in [-0.2, 0) is 4.74 Å². The molecule has 2 aromatic heterocycles. The molecule has 0 spiro atoms. The van der Waals surface area contributed by atoms with Gasteiger partial charge in [-0.15, -0.1) is 0 Å². The zero-order valence-electron chi connectivity index (χ0n) is 9.81. The molecule has 17 heavy (non-hydrogen) atoms. The van der Waals surface area contributed by atoms with Crippen molar-refractivity contribution in [2.45, 2.75) is 20.8 Å². The molecule has 0 N–H and O–H groups in total. The molecule has 0 aliphatic heterocycles. The second-order valence-corrected chi connectivity index (χ2v) is 3.40. The maximum Gasteiger partial charge on any atom is 0.361 e. The van der Waals surface area contributed by atoms with Crippen LogP contribution in [0.1, 0.15) is 29.0 Å². The molecular formula is C11H12N2O4. The lowest BCUT2D eigenvalue weighted by Gasteiger charge is -1.99. The molecule has 0 unspecified atom stereocenters. The van der Waals surface area contributed by atoms with Crippen LogP contribution in [0.5, 0.6) is 0 Å². The fourth-order valence-corrected chi connectivity index (χ4v) is 1.49. The van der Waals surface area contributed by atoms with E-state index in [9.17, 15) is 4.79 Å². The lowest BCUT2D eigenvalue weighted by molar-refractivity contribution is 0.0520. The molecule has 6 nitrogen and oxygen atoms in total. The topological polar surface area (TPSA) is 78.4 Å². The summed E-state index contributed by atoms with van der Waals surface area (Å²) in [6.45, 7) is 5.49. The molecule has 0 radical (unpaired) electrons. The molecule has 90 valence electrons. The zero-order chi connectivity index (χ0) is 12.4. The van der Waals surface area contributed by atoms with Crippen LogP contribution in [0, 0.1) is 13.8 Å². The van der Waals surface area contributed by atoms with Crippen molar-refractivity contribution in [3.05, 3.63) is 23.7 Å². The molecule has 0 amide bonds. The van der Waals surface area contributed by atoms with Crippen LogP contribution in [0.2, 0.25) is 0 Å². The van der Waals surface area contributed by atoms with Gasteiger partial charge in [-0.25, -0.2) is 14.8 Å². The van der Waals surface area contributed by atoms with Gasteiger partial charge in [-0.05, 0) is 13.8 Å². The number of carbonyl (C=O) groups excluding carboxylic acids is 1. The summed E-state index contributed by atoms with van der Waals surface area (Å²) < 4.78 is 15.4. The average Bonchev–Trinajstić information content (AvgIpc) is 2.84. The summed E-state index contributed by atoms with van der Waals surface area (Å²) in [5.74, 6) is 0.623. The molecule has 0 saturated carbocycles. The fourth-order valence-electron chi connectivity index (χ4n) is 1.49. The van der Waals surface area contributed by atoms with Gasteiger partial charge < -0.3 is 13.6 Å². The van der Waals surface area contributed by atoms with Gasteiger partial charge in [0.2, 0.25) is 5.76 Å². The minimum Gasteiger partial charge on any atom is -0.461 e. The van der Waals surface area contributed by atoms with Crippen molar-refractivity contribution in [3.8, 4) is 11.5 Å². The summed E-state index contributed by atoms with van der Waals surface area (Å²) in [5, 5.41) is 0. The Hall–Kier alpha value is -2.11. The Morgan fingerprint density at radius 3 is 2.76 bits per heavy atom. The van der Waals surface area contributed by atoms with E-state index < -0.39 is 5.97 Å². The van der Waals surface area contributed by atoms with E-state index in [-0.39, 0.29) is 18.1 Å². The summed E-state index contributed by atoms with van der Waals surface area (Å²) >= 11 is 0. The standard InChI is InChI=1S/C11H12N2O4/c1-4-15-11(14)8-10(16-5-12-8)9-6(2)13-7(3)17-9/h5H,4H2,1-3H3. The van der Waals surface area contributed by atoms with Crippen molar-refractivity contribution in [3.63, 3.8) is 0 Å². The van der Waals surface area contributed by atoms with Gasteiger partial charge >= 0.3 is 5.97 Å². The van der Waals surface area contributed by atoms with E-state index in [1.54, 1.807) is 20.8 Å². The largest absolute Gasteiger partial charge is 0.461 e. The Balaban J connectivity index is 2.43. The first-order valence-electron chi connectivity index (χ1n) is 5.18. The molecule has 0 aliphatic carbocycles. The molecule has 0 fully saturated rings. The van der Waals surface area contributed by atoms with E-state index >= 15 is 0 Å². The van der Waals surface area contributed by atoms with Gasteiger partial charge in [0, 0.05) is 6.92 Å². The van der Waals surface area contributed by atoms with Crippen molar-refractivity contribution >= 4 is 5.97 Å². The highest BCUT2D eigenvalue weighted by Crippen LogP contribution is 2.27. The Morgan fingerprint density at radius 2 is 2.18 bits per heavy atom. The summed E-state index contributed by atoms with van der Waals surface area (Å²) in [4.78, 5) is 19.6. The third kappa shape index (κ3) is 2.06. The summed E-state index contributed by atoms with van der Waals surface area (Å²) in [7, 11) is 0. The third-order valence-corrected chi connectivity index (χ3v) is 2.15. The van der Waals surface area contributed by atoms with E-state index in [0.29, 0.717) is 17.3 Å². The van der Waals surface area contributed by atoms with E-state index in [1.807, 2.05) is 0 Å². The first-order chi connectivity index (χ1) is 8.13. The fraction of sp³-hybridized carbons (Fsp3) is 0.364. The SMILES string of the molecule is CCOC(=O)c1ncoc1-c1oc(C)nc1C. The molecule has 0 aliphatic rings. The van der Waals surface area contributed by atoms with Crippen molar-refractivity contribution in [1.82, 2.24) is 9.97 Å². The van der Waals surface area contributed by atoms with Crippen LogP contribution in [0.4, 0.5) is 0 Å². The molecule has 2 aromatic rings. The molecule has 2 heterocycles. The lowest BCUT2D eigenvalue weighted by atomic mass is 10.2. The van der Waals surface area contributed by atoms with Crippen molar-refractivity contribution < 1.29 is 18.4 Å². The predicted octanol–water partition coefficient (Wildman–Crippen LogP) is 2.12. The quantitative estimate of drug-likeness (QED) is 0.759. The highest BCUT2D eigenvalue weighted by atomic mass is 16.5. The Bertz CT molecular complexity index is 541. The monoisotopic (exact) mass is 236 g/mol. The molecule has 2 rings (SSSR count). The van der Waals surface area contributed by atoms with Crippen LogP contribution < -0.4 is 0 Å². The minimum atomic E-state index is -0.537. The van der Waals surface area contributed by atoms with E-state index in [4.69, 9.17) is 13.6 Å². The summed E-state index contributed by atoms with van der Waals surface area (Å²) in [5.41, 5.74) is 0.746. The molecule has 0 saturated heterocycles. The number of ether oxygens (including phenoxy) is 1. The molecule has 0 bridgehead atoms. The van der Waals surface area contributed by atoms with Crippen LogP contribution >= 0.6 is 0 Å². The predicted molar refractivity (Wildman–Crippen MR) is 57.4 cm³/mol.